The summed E-state index contributed by atoms with van der Waals surface area (Å²) in [6, 6.07) is 16.6. The normalized spacial score (nSPS) is 17.8. The van der Waals surface area contributed by atoms with Gasteiger partial charge in [0.25, 0.3) is 0 Å². The van der Waals surface area contributed by atoms with Crippen LogP contribution in [0.5, 0.6) is 5.75 Å². The third kappa shape index (κ3) is 5.96. The lowest BCUT2D eigenvalue weighted by molar-refractivity contribution is 0.0240. The molecule has 5 rings (SSSR count). The molecule has 2 saturated heterocycles. The van der Waals surface area contributed by atoms with E-state index in [4.69, 9.17) is 14.2 Å². The lowest BCUT2D eigenvalue weighted by Crippen LogP contribution is -2.50. The van der Waals surface area contributed by atoms with E-state index in [-0.39, 0.29) is 6.09 Å². The summed E-state index contributed by atoms with van der Waals surface area (Å²) in [5.41, 5.74) is 5.72. The molecule has 0 N–H and O–H groups in total. The smallest absolute Gasteiger partial charge is 0.410 e. The molecule has 1 aromatic heterocycles. The fourth-order valence-electron chi connectivity index (χ4n) is 5.15. The summed E-state index contributed by atoms with van der Waals surface area (Å²) in [4.78, 5) is 16.5. The van der Waals surface area contributed by atoms with Crippen LogP contribution in [0, 0.1) is 5.92 Å². The molecule has 3 aromatic rings. The molecule has 0 unspecified atom stereocenters. The van der Waals surface area contributed by atoms with Crippen LogP contribution in [0.3, 0.4) is 0 Å². The molecule has 0 bridgehead atoms. The van der Waals surface area contributed by atoms with E-state index in [9.17, 15) is 4.79 Å². The Morgan fingerprint density at radius 2 is 1.74 bits per heavy atom. The van der Waals surface area contributed by atoms with Crippen LogP contribution in [-0.4, -0.2) is 72.9 Å². The standard InChI is InChI=1S/C31H38N4O4/c1-22(24-13-19-38-21-24)27-20-23(6-11-29(27)37-5)28-12-14-32-35(28)26-9-7-25(8-10-26)33-15-17-34(18-16-33)30(36)39-31(2,3)4/h6-12,14,20,24H,1,13,15-19,21H2,2-5H3/t24-/m1/s1. The molecule has 0 radical (unpaired) electrons. The van der Waals surface area contributed by atoms with Crippen molar-refractivity contribution in [3.05, 3.63) is 66.9 Å². The minimum atomic E-state index is -0.484. The van der Waals surface area contributed by atoms with Crippen LogP contribution in [0.4, 0.5) is 10.5 Å². The number of carbonyl (C=O) groups is 1. The predicted molar refractivity (Wildman–Crippen MR) is 154 cm³/mol. The summed E-state index contributed by atoms with van der Waals surface area (Å²) < 4.78 is 18.7. The van der Waals surface area contributed by atoms with Crippen LogP contribution in [0.25, 0.3) is 22.5 Å². The average Bonchev–Trinajstić information content (AvgIpc) is 3.65. The van der Waals surface area contributed by atoms with E-state index in [0.29, 0.717) is 25.6 Å². The fraction of sp³-hybridized carbons (Fsp3) is 0.419. The molecule has 39 heavy (non-hydrogen) atoms. The summed E-state index contributed by atoms with van der Waals surface area (Å²) in [5.74, 6) is 1.12. The highest BCUT2D eigenvalue weighted by Gasteiger charge is 2.26. The molecule has 2 aromatic carbocycles. The zero-order chi connectivity index (χ0) is 27.6. The number of piperazine rings is 1. The Morgan fingerprint density at radius 3 is 2.38 bits per heavy atom. The van der Waals surface area contributed by atoms with E-state index in [1.165, 1.54) is 0 Å². The summed E-state index contributed by atoms with van der Waals surface area (Å²) in [7, 11) is 1.69. The highest BCUT2D eigenvalue weighted by Crippen LogP contribution is 2.37. The number of hydrogen-bond donors (Lipinski definition) is 0. The Morgan fingerprint density at radius 1 is 1.03 bits per heavy atom. The number of aromatic nitrogens is 2. The number of ether oxygens (including phenoxy) is 3. The van der Waals surface area contributed by atoms with Crippen molar-refractivity contribution in [3.63, 3.8) is 0 Å². The van der Waals surface area contributed by atoms with Gasteiger partial charge < -0.3 is 24.0 Å². The van der Waals surface area contributed by atoms with Crippen molar-refractivity contribution in [1.82, 2.24) is 14.7 Å². The van der Waals surface area contributed by atoms with Crippen LogP contribution < -0.4 is 9.64 Å². The lowest BCUT2D eigenvalue weighted by atomic mass is 9.91. The van der Waals surface area contributed by atoms with Gasteiger partial charge in [-0.25, -0.2) is 9.48 Å². The van der Waals surface area contributed by atoms with Gasteiger partial charge in [0, 0.05) is 55.5 Å². The maximum absolute atomic E-state index is 12.4. The van der Waals surface area contributed by atoms with Crippen molar-refractivity contribution in [2.45, 2.75) is 32.8 Å². The van der Waals surface area contributed by atoms with Crippen molar-refractivity contribution >= 4 is 17.4 Å². The summed E-state index contributed by atoms with van der Waals surface area (Å²) >= 11 is 0. The minimum absolute atomic E-state index is 0.245. The average molecular weight is 531 g/mol. The topological polar surface area (TPSA) is 69.1 Å². The van der Waals surface area contributed by atoms with Crippen molar-refractivity contribution in [2.24, 2.45) is 5.92 Å². The molecule has 0 saturated carbocycles. The van der Waals surface area contributed by atoms with Gasteiger partial charge >= 0.3 is 6.09 Å². The Kier molecular flexibility index (Phi) is 7.66. The van der Waals surface area contributed by atoms with E-state index in [2.05, 4.69) is 53.0 Å². The van der Waals surface area contributed by atoms with E-state index < -0.39 is 5.60 Å². The molecular weight excluding hydrogens is 492 g/mol. The van der Waals surface area contributed by atoms with Crippen LogP contribution >= 0.6 is 0 Å². The van der Waals surface area contributed by atoms with Gasteiger partial charge in [-0.05, 0) is 81.3 Å². The third-order valence-electron chi connectivity index (χ3n) is 7.30. The van der Waals surface area contributed by atoms with Crippen molar-refractivity contribution < 1.29 is 19.0 Å². The molecule has 2 aliphatic rings. The first-order chi connectivity index (χ1) is 18.7. The summed E-state index contributed by atoms with van der Waals surface area (Å²) in [6.07, 6.45) is 2.56. The van der Waals surface area contributed by atoms with Gasteiger partial charge in [-0.2, -0.15) is 5.10 Å². The van der Waals surface area contributed by atoms with Crippen molar-refractivity contribution in [1.29, 1.82) is 0 Å². The molecule has 2 fully saturated rings. The van der Waals surface area contributed by atoms with E-state index in [1.807, 2.05) is 43.8 Å². The highest BCUT2D eigenvalue weighted by atomic mass is 16.6. The Hall–Kier alpha value is -3.78. The Balaban J connectivity index is 1.31. The SMILES string of the molecule is C=C(c1cc(-c2ccnn2-c2ccc(N3CCN(C(=O)OC(C)(C)C)CC3)cc2)ccc1OC)[C@@H]1CCOC1. The van der Waals surface area contributed by atoms with Crippen LogP contribution in [0.2, 0.25) is 0 Å². The van der Waals surface area contributed by atoms with Gasteiger partial charge in [-0.3, -0.25) is 0 Å². The van der Waals surface area contributed by atoms with Gasteiger partial charge in [-0.1, -0.05) is 6.58 Å². The van der Waals surface area contributed by atoms with E-state index >= 15 is 0 Å². The minimum Gasteiger partial charge on any atom is -0.496 e. The van der Waals surface area contributed by atoms with Crippen molar-refractivity contribution in [3.8, 4) is 22.7 Å². The Labute approximate surface area is 230 Å². The van der Waals surface area contributed by atoms with Gasteiger partial charge in [0.05, 0.1) is 31.3 Å². The Bertz CT molecular complexity index is 1310. The first kappa shape index (κ1) is 26.8. The first-order valence-corrected chi connectivity index (χ1v) is 13.6. The zero-order valence-electron chi connectivity index (χ0n) is 23.4. The molecule has 2 aliphatic heterocycles. The number of amides is 1. The predicted octanol–water partition coefficient (Wildman–Crippen LogP) is 5.65. The number of methoxy groups -OCH3 is 1. The summed E-state index contributed by atoms with van der Waals surface area (Å²) in [6.45, 7) is 14.3. The second-order valence-electron chi connectivity index (χ2n) is 11.1. The number of carbonyl (C=O) groups excluding carboxylic acids is 1. The lowest BCUT2D eigenvalue weighted by Gasteiger charge is -2.36. The number of benzene rings is 2. The molecule has 3 heterocycles. The second-order valence-corrected chi connectivity index (χ2v) is 11.1. The molecular formula is C31H38N4O4. The van der Waals surface area contributed by atoms with Gasteiger partial charge in [0.15, 0.2) is 0 Å². The number of hydrogen-bond acceptors (Lipinski definition) is 6. The molecule has 8 heteroatoms. The first-order valence-electron chi connectivity index (χ1n) is 13.6. The largest absolute Gasteiger partial charge is 0.496 e. The number of nitrogens with zero attached hydrogens (tertiary/aromatic N) is 4. The fourth-order valence-corrected chi connectivity index (χ4v) is 5.15. The molecule has 206 valence electrons. The quantitative estimate of drug-likeness (QED) is 0.410. The molecule has 0 aliphatic carbocycles. The van der Waals surface area contributed by atoms with E-state index in [0.717, 1.165) is 65.6 Å². The molecule has 0 spiro atoms. The third-order valence-corrected chi connectivity index (χ3v) is 7.30. The monoisotopic (exact) mass is 530 g/mol. The van der Waals surface area contributed by atoms with Crippen molar-refractivity contribution in [2.75, 3.05) is 51.4 Å². The van der Waals surface area contributed by atoms with Gasteiger partial charge in [0.2, 0.25) is 0 Å². The van der Waals surface area contributed by atoms with Crippen LogP contribution in [0.15, 0.2) is 61.3 Å². The zero-order valence-corrected chi connectivity index (χ0v) is 23.4. The number of rotatable bonds is 6. The molecule has 1 atom stereocenters. The molecule has 8 nitrogen and oxygen atoms in total. The van der Waals surface area contributed by atoms with Gasteiger partial charge in [0.1, 0.15) is 11.4 Å². The second kappa shape index (κ2) is 11.1. The van der Waals surface area contributed by atoms with Crippen LogP contribution in [-0.2, 0) is 9.47 Å². The van der Waals surface area contributed by atoms with Gasteiger partial charge in [-0.15, -0.1) is 0 Å². The highest BCUT2D eigenvalue weighted by molar-refractivity contribution is 5.76. The van der Waals surface area contributed by atoms with Crippen LogP contribution in [0.1, 0.15) is 32.8 Å². The number of anilines is 1. The maximum atomic E-state index is 12.4. The summed E-state index contributed by atoms with van der Waals surface area (Å²) in [5, 5.41) is 4.63. The molecule has 1 amide bonds. The maximum Gasteiger partial charge on any atom is 0.410 e. The van der Waals surface area contributed by atoms with E-state index in [1.54, 1.807) is 12.0 Å².